The van der Waals surface area contributed by atoms with Crippen LogP contribution in [0.5, 0.6) is 0 Å². The van der Waals surface area contributed by atoms with E-state index >= 15 is 0 Å². The van der Waals surface area contributed by atoms with Crippen molar-refractivity contribution in [1.29, 1.82) is 0 Å². The molecular formula is C7H14O2. The molecule has 1 aliphatic heterocycles. The molecular weight excluding hydrogens is 116 g/mol. The van der Waals surface area contributed by atoms with Crippen LogP contribution in [0.15, 0.2) is 0 Å². The van der Waals surface area contributed by atoms with Crippen LogP contribution in [0.2, 0.25) is 0 Å². The lowest BCUT2D eigenvalue weighted by Crippen LogP contribution is -2.12. The number of hydrogen-bond donors (Lipinski definition) is 0. The zero-order valence-electron chi connectivity index (χ0n) is 5.93. The highest BCUT2D eigenvalue weighted by molar-refractivity contribution is 4.62. The van der Waals surface area contributed by atoms with Crippen LogP contribution in [-0.4, -0.2) is 25.9 Å². The average Bonchev–Trinajstić information content (AvgIpc) is 2.34. The molecule has 1 atom stereocenters. The predicted octanol–water partition coefficient (Wildman–Crippen LogP) is 1.20. The van der Waals surface area contributed by atoms with E-state index in [-0.39, 0.29) is 0 Å². The van der Waals surface area contributed by atoms with Crippen molar-refractivity contribution in [2.24, 2.45) is 0 Å². The molecule has 0 amide bonds. The number of rotatable bonds is 3. The van der Waals surface area contributed by atoms with Gasteiger partial charge in [0.25, 0.3) is 0 Å². The second-order valence-corrected chi connectivity index (χ2v) is 2.36. The van der Waals surface area contributed by atoms with Gasteiger partial charge in [0.2, 0.25) is 0 Å². The molecule has 54 valence electrons. The van der Waals surface area contributed by atoms with Gasteiger partial charge in [-0.1, -0.05) is 6.92 Å². The molecule has 0 spiro atoms. The minimum Gasteiger partial charge on any atom is -0.379 e. The minimum absolute atomic E-state index is 0.393. The van der Waals surface area contributed by atoms with Crippen LogP contribution in [0.4, 0.5) is 0 Å². The zero-order valence-corrected chi connectivity index (χ0v) is 5.93. The standard InChI is InChI=1S/C7H14O2/c1-2-4-9-7-3-5-8-6-7/h7H,2-6H2,1H3/t7-/m1/s1. The third-order valence-corrected chi connectivity index (χ3v) is 1.45. The fourth-order valence-electron chi connectivity index (χ4n) is 0.929. The van der Waals surface area contributed by atoms with Gasteiger partial charge >= 0.3 is 0 Å². The Morgan fingerprint density at radius 3 is 3.11 bits per heavy atom. The molecule has 2 heteroatoms. The van der Waals surface area contributed by atoms with Crippen LogP contribution in [0.25, 0.3) is 0 Å². The lowest BCUT2D eigenvalue weighted by Gasteiger charge is -2.06. The molecule has 1 rings (SSSR count). The molecule has 0 aromatic carbocycles. The van der Waals surface area contributed by atoms with E-state index in [1.807, 2.05) is 0 Å². The van der Waals surface area contributed by atoms with Crippen LogP contribution < -0.4 is 0 Å². The van der Waals surface area contributed by atoms with Crippen molar-refractivity contribution >= 4 is 0 Å². The Bertz CT molecular complexity index is 67.3. The number of hydrogen-bond acceptors (Lipinski definition) is 2. The van der Waals surface area contributed by atoms with Gasteiger partial charge in [-0.15, -0.1) is 0 Å². The summed E-state index contributed by atoms with van der Waals surface area (Å²) in [5.41, 5.74) is 0. The van der Waals surface area contributed by atoms with Gasteiger partial charge in [0.15, 0.2) is 0 Å². The second-order valence-electron chi connectivity index (χ2n) is 2.36. The normalized spacial score (nSPS) is 27.0. The van der Waals surface area contributed by atoms with E-state index in [1.54, 1.807) is 0 Å². The average molecular weight is 130 g/mol. The van der Waals surface area contributed by atoms with Gasteiger partial charge in [0.05, 0.1) is 12.7 Å². The van der Waals surface area contributed by atoms with Gasteiger partial charge in [-0.05, 0) is 12.8 Å². The molecule has 9 heavy (non-hydrogen) atoms. The van der Waals surface area contributed by atoms with Crippen LogP contribution in [-0.2, 0) is 9.47 Å². The number of ether oxygens (including phenoxy) is 2. The summed E-state index contributed by atoms with van der Waals surface area (Å²) < 4.78 is 10.6. The summed E-state index contributed by atoms with van der Waals surface area (Å²) in [6, 6.07) is 0. The summed E-state index contributed by atoms with van der Waals surface area (Å²) in [4.78, 5) is 0. The van der Waals surface area contributed by atoms with Gasteiger partial charge in [-0.2, -0.15) is 0 Å². The van der Waals surface area contributed by atoms with Gasteiger partial charge in [-0.3, -0.25) is 0 Å². The van der Waals surface area contributed by atoms with E-state index in [0.29, 0.717) is 6.10 Å². The van der Waals surface area contributed by atoms with Crippen LogP contribution >= 0.6 is 0 Å². The van der Waals surface area contributed by atoms with E-state index in [2.05, 4.69) is 6.92 Å². The largest absolute Gasteiger partial charge is 0.379 e. The Kier molecular flexibility index (Phi) is 3.01. The minimum atomic E-state index is 0.393. The lowest BCUT2D eigenvalue weighted by atomic mass is 10.3. The first-order valence-electron chi connectivity index (χ1n) is 3.63. The third kappa shape index (κ3) is 2.33. The van der Waals surface area contributed by atoms with E-state index in [9.17, 15) is 0 Å². The first kappa shape index (κ1) is 7.03. The fourth-order valence-corrected chi connectivity index (χ4v) is 0.929. The first-order chi connectivity index (χ1) is 4.43. The highest BCUT2D eigenvalue weighted by Gasteiger charge is 2.14. The van der Waals surface area contributed by atoms with Crippen molar-refractivity contribution < 1.29 is 9.47 Å². The van der Waals surface area contributed by atoms with Gasteiger partial charge in [-0.25, -0.2) is 0 Å². The maximum Gasteiger partial charge on any atom is 0.0830 e. The Hall–Kier alpha value is -0.0800. The van der Waals surface area contributed by atoms with E-state index < -0.39 is 0 Å². The van der Waals surface area contributed by atoms with Crippen LogP contribution in [0, 0.1) is 0 Å². The topological polar surface area (TPSA) is 18.5 Å². The first-order valence-corrected chi connectivity index (χ1v) is 3.63. The highest BCUT2D eigenvalue weighted by Crippen LogP contribution is 2.07. The summed E-state index contributed by atoms with van der Waals surface area (Å²) in [6.07, 6.45) is 2.58. The van der Waals surface area contributed by atoms with Crippen molar-refractivity contribution in [3.8, 4) is 0 Å². The molecule has 1 saturated heterocycles. The lowest BCUT2D eigenvalue weighted by molar-refractivity contribution is 0.0432. The van der Waals surface area contributed by atoms with Crippen molar-refractivity contribution in [2.45, 2.75) is 25.9 Å². The molecule has 0 saturated carbocycles. The maximum atomic E-state index is 5.43. The molecule has 0 aromatic rings. The van der Waals surface area contributed by atoms with Gasteiger partial charge in [0, 0.05) is 13.2 Å². The van der Waals surface area contributed by atoms with E-state index in [1.165, 1.54) is 0 Å². The SMILES string of the molecule is CCCO[C@@H]1CCOC1. The molecule has 0 unspecified atom stereocenters. The predicted molar refractivity (Wildman–Crippen MR) is 35.5 cm³/mol. The van der Waals surface area contributed by atoms with Gasteiger partial charge < -0.3 is 9.47 Å². The fraction of sp³-hybridized carbons (Fsp3) is 1.00. The van der Waals surface area contributed by atoms with Crippen molar-refractivity contribution in [2.75, 3.05) is 19.8 Å². The summed E-state index contributed by atoms with van der Waals surface area (Å²) in [5.74, 6) is 0. The molecule has 0 radical (unpaired) electrons. The molecule has 1 aliphatic rings. The Morgan fingerprint density at radius 2 is 2.56 bits per heavy atom. The summed E-state index contributed by atoms with van der Waals surface area (Å²) in [5, 5.41) is 0. The summed E-state index contributed by atoms with van der Waals surface area (Å²) in [6.45, 7) is 4.69. The maximum absolute atomic E-state index is 5.43. The molecule has 0 N–H and O–H groups in total. The quantitative estimate of drug-likeness (QED) is 0.571. The van der Waals surface area contributed by atoms with Crippen LogP contribution in [0.1, 0.15) is 19.8 Å². The highest BCUT2D eigenvalue weighted by atomic mass is 16.5. The summed E-state index contributed by atoms with van der Waals surface area (Å²) >= 11 is 0. The molecule has 0 aliphatic carbocycles. The zero-order chi connectivity index (χ0) is 6.53. The van der Waals surface area contributed by atoms with Crippen molar-refractivity contribution in [1.82, 2.24) is 0 Å². The molecule has 0 aromatic heterocycles. The van der Waals surface area contributed by atoms with E-state index in [4.69, 9.17) is 9.47 Å². The molecule has 2 nitrogen and oxygen atoms in total. The van der Waals surface area contributed by atoms with Crippen molar-refractivity contribution in [3.05, 3.63) is 0 Å². The smallest absolute Gasteiger partial charge is 0.0830 e. The third-order valence-electron chi connectivity index (χ3n) is 1.45. The van der Waals surface area contributed by atoms with Gasteiger partial charge in [0.1, 0.15) is 0 Å². The molecule has 1 heterocycles. The second kappa shape index (κ2) is 3.85. The monoisotopic (exact) mass is 130 g/mol. The Labute approximate surface area is 56.2 Å². The Balaban J connectivity index is 1.98. The summed E-state index contributed by atoms with van der Waals surface area (Å²) in [7, 11) is 0. The molecule has 0 bridgehead atoms. The van der Waals surface area contributed by atoms with E-state index in [0.717, 1.165) is 32.7 Å². The Morgan fingerprint density at radius 1 is 1.67 bits per heavy atom. The van der Waals surface area contributed by atoms with Crippen LogP contribution in [0.3, 0.4) is 0 Å². The molecule has 1 fully saturated rings. The van der Waals surface area contributed by atoms with Crippen molar-refractivity contribution in [3.63, 3.8) is 0 Å².